The Morgan fingerprint density at radius 1 is 1.38 bits per heavy atom. The van der Waals surface area contributed by atoms with Crippen molar-refractivity contribution >= 4 is 17.5 Å². The summed E-state index contributed by atoms with van der Waals surface area (Å²) in [6.45, 7) is 0.562. The van der Waals surface area contributed by atoms with Crippen LogP contribution in [0.4, 0.5) is 0 Å². The maximum absolute atomic E-state index is 12.2. The van der Waals surface area contributed by atoms with E-state index in [1.165, 1.54) is 12.4 Å². The summed E-state index contributed by atoms with van der Waals surface area (Å²) >= 11 is 0. The van der Waals surface area contributed by atoms with Crippen LogP contribution in [0.3, 0.4) is 0 Å². The van der Waals surface area contributed by atoms with E-state index < -0.39 is 23.8 Å². The maximum atomic E-state index is 12.2. The Balaban J connectivity index is 1.98. The lowest BCUT2D eigenvalue weighted by Crippen LogP contribution is -2.46. The van der Waals surface area contributed by atoms with Gasteiger partial charge in [0.1, 0.15) is 12.6 Å². The predicted molar refractivity (Wildman–Crippen MR) is 71.0 cm³/mol. The summed E-state index contributed by atoms with van der Waals surface area (Å²) in [6, 6.07) is 1.97. The van der Waals surface area contributed by atoms with Crippen LogP contribution in [0.15, 0.2) is 24.5 Å². The molecule has 2 aliphatic rings. The molecule has 2 N–H and O–H groups in total. The zero-order chi connectivity index (χ0) is 15.0. The lowest BCUT2D eigenvalue weighted by Gasteiger charge is -2.29. The molecule has 3 heterocycles. The van der Waals surface area contributed by atoms with Gasteiger partial charge in [0, 0.05) is 18.9 Å². The van der Waals surface area contributed by atoms with Crippen LogP contribution in [0.2, 0.25) is 0 Å². The summed E-state index contributed by atoms with van der Waals surface area (Å²) in [5.41, 5.74) is 5.77. The Hall–Kier alpha value is -2.12. The fraction of sp³-hybridized carbons (Fsp3) is 0.429. The van der Waals surface area contributed by atoms with Crippen LogP contribution in [-0.2, 0) is 19.1 Å². The number of hydrogen-bond acceptors (Lipinski definition) is 6. The number of ketones is 2. The van der Waals surface area contributed by atoms with E-state index in [9.17, 15) is 14.4 Å². The second-order valence-electron chi connectivity index (χ2n) is 5.20. The first kappa shape index (κ1) is 13.8. The molecule has 2 aliphatic heterocycles. The second-order valence-corrected chi connectivity index (χ2v) is 5.20. The first-order valence-electron chi connectivity index (χ1n) is 6.73. The fourth-order valence-electron chi connectivity index (χ4n) is 3.09. The fourth-order valence-corrected chi connectivity index (χ4v) is 3.09. The van der Waals surface area contributed by atoms with E-state index in [1.54, 1.807) is 17.0 Å². The number of ether oxygens (including phenoxy) is 1. The van der Waals surface area contributed by atoms with Crippen molar-refractivity contribution in [1.29, 1.82) is 0 Å². The van der Waals surface area contributed by atoms with E-state index in [0.717, 1.165) is 0 Å². The molecule has 0 spiro atoms. The molecule has 0 aromatic carbocycles. The number of likely N-dealkylation sites (tertiary alicyclic amines) is 1. The van der Waals surface area contributed by atoms with Crippen molar-refractivity contribution in [3.63, 3.8) is 0 Å². The van der Waals surface area contributed by atoms with Crippen LogP contribution in [-0.4, -0.2) is 52.7 Å². The van der Waals surface area contributed by atoms with Gasteiger partial charge in [-0.3, -0.25) is 24.3 Å². The van der Waals surface area contributed by atoms with Crippen molar-refractivity contribution in [2.45, 2.75) is 24.6 Å². The third-order valence-electron chi connectivity index (χ3n) is 4.00. The third-order valence-corrected chi connectivity index (χ3v) is 4.00. The van der Waals surface area contributed by atoms with Gasteiger partial charge in [-0.25, -0.2) is 0 Å². The maximum Gasteiger partial charge on any atom is 0.286 e. The van der Waals surface area contributed by atoms with Crippen molar-refractivity contribution in [2.75, 3.05) is 13.2 Å². The molecule has 7 heteroatoms. The number of nitrogens with two attached hydrogens (primary N) is 1. The molecule has 0 aliphatic carbocycles. The summed E-state index contributed by atoms with van der Waals surface area (Å²) in [7, 11) is 0. The summed E-state index contributed by atoms with van der Waals surface area (Å²) in [4.78, 5) is 41.2. The van der Waals surface area contributed by atoms with Gasteiger partial charge in [0.25, 0.3) is 5.91 Å². The Morgan fingerprint density at radius 2 is 2.10 bits per heavy atom. The van der Waals surface area contributed by atoms with E-state index >= 15 is 0 Å². The molecule has 3 rings (SSSR count). The zero-order valence-electron chi connectivity index (χ0n) is 11.3. The second kappa shape index (κ2) is 5.34. The number of primary amides is 1. The SMILES string of the molecule is NC(=O)C(=O)C(c1ccncc1)N1CCC2OCC(=O)C21. The van der Waals surface area contributed by atoms with Crippen LogP contribution >= 0.6 is 0 Å². The minimum absolute atomic E-state index is 0.0552. The molecule has 7 nitrogen and oxygen atoms in total. The lowest BCUT2D eigenvalue weighted by molar-refractivity contribution is -0.140. The van der Waals surface area contributed by atoms with Gasteiger partial charge in [-0.05, 0) is 24.1 Å². The Morgan fingerprint density at radius 3 is 2.76 bits per heavy atom. The average molecular weight is 289 g/mol. The molecule has 2 fully saturated rings. The number of hydrogen-bond donors (Lipinski definition) is 1. The van der Waals surface area contributed by atoms with Gasteiger partial charge in [-0.2, -0.15) is 0 Å². The van der Waals surface area contributed by atoms with Gasteiger partial charge < -0.3 is 10.5 Å². The highest BCUT2D eigenvalue weighted by atomic mass is 16.5. The number of fused-ring (bicyclic) bond motifs is 1. The molecule has 0 radical (unpaired) electrons. The number of nitrogens with zero attached hydrogens (tertiary/aromatic N) is 2. The monoisotopic (exact) mass is 289 g/mol. The summed E-state index contributed by atoms with van der Waals surface area (Å²) < 4.78 is 5.41. The van der Waals surface area contributed by atoms with Crippen molar-refractivity contribution in [2.24, 2.45) is 5.73 Å². The normalized spacial score (nSPS) is 26.6. The van der Waals surface area contributed by atoms with Crippen molar-refractivity contribution in [1.82, 2.24) is 9.88 Å². The standard InChI is InChI=1S/C14H15N3O4/c15-14(20)13(19)11(8-1-4-16-5-2-8)17-6-3-10-12(17)9(18)7-21-10/h1-2,4-5,10-12H,3,6-7H2,(H2,15,20). The number of pyridine rings is 1. The predicted octanol–water partition coefficient (Wildman–Crippen LogP) is -0.781. The van der Waals surface area contributed by atoms with Gasteiger partial charge in [0.15, 0.2) is 5.78 Å². The first-order valence-corrected chi connectivity index (χ1v) is 6.73. The molecule has 0 bridgehead atoms. The van der Waals surface area contributed by atoms with Gasteiger partial charge in [0.05, 0.1) is 12.1 Å². The Kier molecular flexibility index (Phi) is 3.52. The topological polar surface area (TPSA) is 103 Å². The number of Topliss-reactive ketones (excluding diaryl/α,β-unsaturated/α-hetero) is 2. The first-order chi connectivity index (χ1) is 10.1. The van der Waals surface area contributed by atoms with E-state index in [4.69, 9.17) is 10.5 Å². The van der Waals surface area contributed by atoms with E-state index in [2.05, 4.69) is 4.98 Å². The van der Waals surface area contributed by atoms with Crippen LogP contribution in [0.5, 0.6) is 0 Å². The largest absolute Gasteiger partial charge is 0.368 e. The number of rotatable bonds is 4. The van der Waals surface area contributed by atoms with Gasteiger partial charge in [-0.15, -0.1) is 0 Å². The summed E-state index contributed by atoms with van der Waals surface area (Å²) in [5, 5.41) is 0. The van der Waals surface area contributed by atoms with Gasteiger partial charge in [-0.1, -0.05) is 0 Å². The Labute approximate surface area is 121 Å². The van der Waals surface area contributed by atoms with Crippen LogP contribution in [0.1, 0.15) is 18.0 Å². The minimum Gasteiger partial charge on any atom is -0.368 e. The molecule has 3 atom stereocenters. The zero-order valence-corrected chi connectivity index (χ0v) is 11.3. The average Bonchev–Trinajstić information content (AvgIpc) is 3.05. The molecule has 1 amide bonds. The van der Waals surface area contributed by atoms with Crippen LogP contribution in [0, 0.1) is 0 Å². The highest BCUT2D eigenvalue weighted by Crippen LogP contribution is 2.34. The Bertz CT molecular complexity index is 589. The number of aromatic nitrogens is 1. The highest BCUT2D eigenvalue weighted by molar-refractivity contribution is 6.37. The van der Waals surface area contributed by atoms with Crippen molar-refractivity contribution in [3.8, 4) is 0 Å². The molecular weight excluding hydrogens is 274 g/mol. The molecule has 2 saturated heterocycles. The number of carbonyl (C=O) groups is 3. The molecule has 1 aromatic heterocycles. The highest BCUT2D eigenvalue weighted by Gasteiger charge is 2.49. The smallest absolute Gasteiger partial charge is 0.286 e. The molecule has 110 valence electrons. The van der Waals surface area contributed by atoms with E-state index in [1.807, 2.05) is 0 Å². The molecule has 21 heavy (non-hydrogen) atoms. The minimum atomic E-state index is -1.01. The molecule has 0 saturated carbocycles. The van der Waals surface area contributed by atoms with Crippen LogP contribution in [0.25, 0.3) is 0 Å². The lowest BCUT2D eigenvalue weighted by atomic mass is 9.99. The van der Waals surface area contributed by atoms with Crippen molar-refractivity contribution in [3.05, 3.63) is 30.1 Å². The van der Waals surface area contributed by atoms with Crippen molar-refractivity contribution < 1.29 is 19.1 Å². The number of amides is 1. The third kappa shape index (κ3) is 2.34. The molecular formula is C14H15N3O4. The molecule has 1 aromatic rings. The molecule has 3 unspecified atom stereocenters. The van der Waals surface area contributed by atoms with E-state index in [-0.39, 0.29) is 18.5 Å². The summed E-state index contributed by atoms with van der Waals surface area (Å²) in [5.74, 6) is -1.79. The van der Waals surface area contributed by atoms with Gasteiger partial charge >= 0.3 is 0 Å². The van der Waals surface area contributed by atoms with Crippen LogP contribution < -0.4 is 5.73 Å². The quantitative estimate of drug-likeness (QED) is 0.729. The summed E-state index contributed by atoms with van der Waals surface area (Å²) in [6.07, 6.45) is 3.53. The van der Waals surface area contributed by atoms with Gasteiger partial charge in [0.2, 0.25) is 5.78 Å². The van der Waals surface area contributed by atoms with E-state index in [0.29, 0.717) is 18.5 Å². The number of carbonyl (C=O) groups excluding carboxylic acids is 3.